The third-order valence-corrected chi connectivity index (χ3v) is 5.01. The lowest BCUT2D eigenvalue weighted by molar-refractivity contribution is -0.274. The molecule has 0 aliphatic heterocycles. The number of imidazole rings is 1. The topological polar surface area (TPSA) is 100 Å². The molecule has 12 heteroatoms. The number of benzene rings is 1. The molecule has 2 aromatic heterocycles. The Labute approximate surface area is 180 Å². The van der Waals surface area contributed by atoms with Gasteiger partial charge in [-0.15, -0.1) is 13.2 Å². The van der Waals surface area contributed by atoms with E-state index in [0.29, 0.717) is 18.5 Å². The molecule has 1 amide bonds. The van der Waals surface area contributed by atoms with Crippen LogP contribution in [0.5, 0.6) is 5.75 Å². The van der Waals surface area contributed by atoms with Gasteiger partial charge in [-0.25, -0.2) is 9.78 Å². The van der Waals surface area contributed by atoms with Gasteiger partial charge >= 0.3 is 12.1 Å². The highest BCUT2D eigenvalue weighted by Crippen LogP contribution is 2.24. The van der Waals surface area contributed by atoms with E-state index in [2.05, 4.69) is 15.0 Å². The number of nitrogens with one attached hydrogen (secondary N) is 1. The van der Waals surface area contributed by atoms with Crippen LogP contribution in [0.4, 0.5) is 13.2 Å². The van der Waals surface area contributed by atoms with Crippen molar-refractivity contribution in [3.63, 3.8) is 0 Å². The predicted octanol–water partition coefficient (Wildman–Crippen LogP) is 1.99. The van der Waals surface area contributed by atoms with E-state index < -0.39 is 23.7 Å². The summed E-state index contributed by atoms with van der Waals surface area (Å²) in [5.74, 6) is -0.589. The summed E-state index contributed by atoms with van der Waals surface area (Å²) in [6, 6.07) is 4.85. The first kappa shape index (κ1) is 23.1. The SMILES string of the molecule is CC(NC(=O)CCCn1cnc2c1c(=O)n(C)c(=O)n2C)c1ccc(OC(F)(F)F)cc1. The van der Waals surface area contributed by atoms with Crippen LogP contribution in [-0.2, 0) is 25.4 Å². The van der Waals surface area contributed by atoms with Gasteiger partial charge in [0.1, 0.15) is 5.75 Å². The van der Waals surface area contributed by atoms with Crippen LogP contribution in [-0.4, -0.2) is 31.0 Å². The average molecular weight is 453 g/mol. The molecule has 32 heavy (non-hydrogen) atoms. The fraction of sp³-hybridized carbons (Fsp3) is 0.400. The van der Waals surface area contributed by atoms with Crippen LogP contribution >= 0.6 is 0 Å². The molecule has 1 atom stereocenters. The molecule has 9 nitrogen and oxygen atoms in total. The lowest BCUT2D eigenvalue weighted by Crippen LogP contribution is -2.37. The minimum absolute atomic E-state index is 0.158. The number of ether oxygens (including phenoxy) is 1. The van der Waals surface area contributed by atoms with E-state index in [0.717, 1.165) is 4.57 Å². The highest BCUT2D eigenvalue weighted by atomic mass is 19.4. The molecular formula is C20H22F3N5O4. The average Bonchev–Trinajstić information content (AvgIpc) is 3.14. The molecule has 172 valence electrons. The van der Waals surface area contributed by atoms with Gasteiger partial charge in [-0.3, -0.25) is 18.7 Å². The summed E-state index contributed by atoms with van der Waals surface area (Å²) in [5.41, 5.74) is 0.243. The second-order valence-corrected chi connectivity index (χ2v) is 7.33. The van der Waals surface area contributed by atoms with Gasteiger partial charge in [0, 0.05) is 27.1 Å². The zero-order valence-corrected chi connectivity index (χ0v) is 17.6. The summed E-state index contributed by atoms with van der Waals surface area (Å²) in [5, 5.41) is 2.78. The lowest BCUT2D eigenvalue weighted by Gasteiger charge is -2.15. The molecule has 1 unspecified atom stereocenters. The van der Waals surface area contributed by atoms with Crippen LogP contribution in [0.1, 0.15) is 31.4 Å². The van der Waals surface area contributed by atoms with Gasteiger partial charge in [-0.05, 0) is 31.0 Å². The monoisotopic (exact) mass is 453 g/mol. The molecular weight excluding hydrogens is 431 g/mol. The molecule has 2 heterocycles. The van der Waals surface area contributed by atoms with Gasteiger partial charge in [0.2, 0.25) is 5.91 Å². The Balaban J connectivity index is 1.58. The minimum atomic E-state index is -4.76. The first-order valence-corrected chi connectivity index (χ1v) is 9.74. The number of rotatable bonds is 7. The zero-order chi connectivity index (χ0) is 23.6. The van der Waals surface area contributed by atoms with Crippen molar-refractivity contribution in [1.82, 2.24) is 24.0 Å². The molecule has 1 aromatic carbocycles. The number of amides is 1. The van der Waals surface area contributed by atoms with Gasteiger partial charge in [-0.1, -0.05) is 12.1 Å². The number of halogens is 3. The summed E-state index contributed by atoms with van der Waals surface area (Å²) >= 11 is 0. The van der Waals surface area contributed by atoms with Crippen molar-refractivity contribution in [3.05, 3.63) is 57.0 Å². The lowest BCUT2D eigenvalue weighted by atomic mass is 10.1. The number of nitrogens with zero attached hydrogens (tertiary/aromatic N) is 4. The van der Waals surface area contributed by atoms with E-state index in [1.54, 1.807) is 11.5 Å². The molecule has 0 aliphatic carbocycles. The van der Waals surface area contributed by atoms with Crippen LogP contribution in [0, 0.1) is 0 Å². The van der Waals surface area contributed by atoms with Crippen molar-refractivity contribution < 1.29 is 22.7 Å². The standard InChI is InChI=1S/C20H22F3N5O4/c1-12(13-6-8-14(9-7-13)32-20(21,22)23)25-15(29)5-4-10-28-11-24-17-16(28)18(30)27(3)19(31)26(17)2/h6-9,11-12H,4-5,10H2,1-3H3,(H,25,29). The minimum Gasteiger partial charge on any atom is -0.406 e. The van der Waals surface area contributed by atoms with E-state index in [9.17, 15) is 27.6 Å². The zero-order valence-electron chi connectivity index (χ0n) is 17.6. The van der Waals surface area contributed by atoms with Crippen LogP contribution in [0.2, 0.25) is 0 Å². The molecule has 0 fully saturated rings. The molecule has 0 spiro atoms. The van der Waals surface area contributed by atoms with Crippen LogP contribution in [0.15, 0.2) is 40.2 Å². The summed E-state index contributed by atoms with van der Waals surface area (Å²) in [4.78, 5) is 40.8. The Morgan fingerprint density at radius 2 is 1.81 bits per heavy atom. The number of aromatic nitrogens is 4. The van der Waals surface area contributed by atoms with Crippen LogP contribution < -0.4 is 21.3 Å². The molecule has 1 N–H and O–H groups in total. The number of aryl methyl sites for hydroxylation is 2. The van der Waals surface area contributed by atoms with Crippen molar-refractivity contribution in [2.75, 3.05) is 0 Å². The molecule has 0 aliphatic rings. The Hall–Kier alpha value is -3.57. The van der Waals surface area contributed by atoms with Gasteiger partial charge < -0.3 is 14.6 Å². The first-order valence-electron chi connectivity index (χ1n) is 9.74. The van der Waals surface area contributed by atoms with Gasteiger partial charge in [0.25, 0.3) is 5.56 Å². The molecule has 0 saturated carbocycles. The maximum Gasteiger partial charge on any atom is 0.573 e. The van der Waals surface area contributed by atoms with E-state index in [4.69, 9.17) is 0 Å². The molecule has 0 saturated heterocycles. The van der Waals surface area contributed by atoms with Gasteiger partial charge in [0.15, 0.2) is 11.2 Å². The van der Waals surface area contributed by atoms with Gasteiger partial charge in [-0.2, -0.15) is 0 Å². The third-order valence-electron chi connectivity index (χ3n) is 5.01. The summed E-state index contributed by atoms with van der Waals surface area (Å²) < 4.78 is 44.4. The van der Waals surface area contributed by atoms with Crippen molar-refractivity contribution in [2.24, 2.45) is 14.1 Å². The Bertz CT molecular complexity index is 1240. The number of fused-ring (bicyclic) bond motifs is 1. The van der Waals surface area contributed by atoms with Crippen molar-refractivity contribution in [3.8, 4) is 5.75 Å². The molecule has 0 bridgehead atoms. The van der Waals surface area contributed by atoms with E-state index in [1.165, 1.54) is 49.3 Å². The maximum absolute atomic E-state index is 12.4. The molecule has 3 aromatic rings. The van der Waals surface area contributed by atoms with Crippen LogP contribution in [0.3, 0.4) is 0 Å². The Kier molecular flexibility index (Phi) is 6.42. The first-order chi connectivity index (χ1) is 15.0. The highest BCUT2D eigenvalue weighted by molar-refractivity contribution is 5.76. The Morgan fingerprint density at radius 3 is 2.44 bits per heavy atom. The number of alkyl halides is 3. The normalized spacial score (nSPS) is 12.7. The van der Waals surface area contributed by atoms with Crippen molar-refractivity contribution in [2.45, 2.75) is 38.7 Å². The highest BCUT2D eigenvalue weighted by Gasteiger charge is 2.31. The van der Waals surface area contributed by atoms with Crippen LogP contribution in [0.25, 0.3) is 11.2 Å². The van der Waals surface area contributed by atoms with E-state index in [-0.39, 0.29) is 29.2 Å². The van der Waals surface area contributed by atoms with Gasteiger partial charge in [0.05, 0.1) is 12.4 Å². The molecule has 3 rings (SSSR count). The van der Waals surface area contributed by atoms with Crippen molar-refractivity contribution in [1.29, 1.82) is 0 Å². The second-order valence-electron chi connectivity index (χ2n) is 7.33. The summed E-state index contributed by atoms with van der Waals surface area (Å²) in [6.45, 7) is 2.06. The number of hydrogen-bond donors (Lipinski definition) is 1. The largest absolute Gasteiger partial charge is 0.573 e. The quantitative estimate of drug-likeness (QED) is 0.590. The second kappa shape index (κ2) is 8.89. The predicted molar refractivity (Wildman–Crippen MR) is 109 cm³/mol. The number of carbonyl (C=O) groups is 1. The molecule has 0 radical (unpaired) electrons. The van der Waals surface area contributed by atoms with E-state index in [1.807, 2.05) is 0 Å². The maximum atomic E-state index is 12.4. The number of carbonyl (C=O) groups excluding carboxylic acids is 1. The fourth-order valence-electron chi connectivity index (χ4n) is 3.33. The summed E-state index contributed by atoms with van der Waals surface area (Å²) in [6.07, 6.45) is -2.74. The fourth-order valence-corrected chi connectivity index (χ4v) is 3.33. The smallest absolute Gasteiger partial charge is 0.406 e. The Morgan fingerprint density at radius 1 is 1.16 bits per heavy atom. The van der Waals surface area contributed by atoms with E-state index >= 15 is 0 Å². The summed E-state index contributed by atoms with van der Waals surface area (Å²) in [7, 11) is 2.91. The third kappa shape index (κ3) is 5.01. The van der Waals surface area contributed by atoms with Crippen molar-refractivity contribution >= 4 is 17.1 Å². The number of hydrogen-bond acceptors (Lipinski definition) is 5.